The van der Waals surface area contributed by atoms with Crippen LogP contribution in [0, 0.1) is 13.8 Å². The molecule has 4 aromatic rings. The number of hydrogen-bond acceptors (Lipinski definition) is 6. The van der Waals surface area contributed by atoms with E-state index >= 15 is 0 Å². The zero-order chi connectivity index (χ0) is 23.7. The van der Waals surface area contributed by atoms with Gasteiger partial charge in [-0.15, -0.1) is 0 Å². The van der Waals surface area contributed by atoms with Crippen LogP contribution in [0.2, 0.25) is 0 Å². The number of rotatable bonds is 5. The Balaban J connectivity index is 1.35. The van der Waals surface area contributed by atoms with Crippen molar-refractivity contribution in [2.45, 2.75) is 13.8 Å². The maximum absolute atomic E-state index is 13.4. The third kappa shape index (κ3) is 4.17. The number of aryl methyl sites for hydroxylation is 1. The maximum Gasteiger partial charge on any atom is 0.272 e. The molecule has 0 bridgehead atoms. The number of pyridine rings is 1. The summed E-state index contributed by atoms with van der Waals surface area (Å²) in [5.74, 6) is 1.28. The molecule has 0 aliphatic carbocycles. The number of aromatic nitrogens is 1. The number of anilines is 3. The van der Waals surface area contributed by atoms with Crippen molar-refractivity contribution >= 4 is 34.1 Å². The summed E-state index contributed by atoms with van der Waals surface area (Å²) >= 11 is 0. The summed E-state index contributed by atoms with van der Waals surface area (Å²) in [6, 6.07) is 17.5. The Bertz CT molecular complexity index is 1320. The van der Waals surface area contributed by atoms with Gasteiger partial charge in [-0.05, 0) is 61.4 Å². The molecule has 2 aromatic carbocycles. The summed E-state index contributed by atoms with van der Waals surface area (Å²) in [7, 11) is 1.63. The summed E-state index contributed by atoms with van der Waals surface area (Å²) in [5.41, 5.74) is 5.67. The molecule has 34 heavy (non-hydrogen) atoms. The van der Waals surface area contributed by atoms with Crippen LogP contribution in [-0.2, 0) is 0 Å². The van der Waals surface area contributed by atoms with E-state index in [9.17, 15) is 4.79 Å². The van der Waals surface area contributed by atoms with Crippen molar-refractivity contribution in [2.75, 3.05) is 43.5 Å². The molecule has 2 aromatic heterocycles. The van der Waals surface area contributed by atoms with Crippen LogP contribution in [0.1, 0.15) is 21.6 Å². The zero-order valence-corrected chi connectivity index (χ0v) is 19.7. The molecule has 0 saturated carbocycles. The minimum atomic E-state index is -0.0864. The van der Waals surface area contributed by atoms with E-state index < -0.39 is 0 Å². The lowest BCUT2D eigenvalue weighted by Crippen LogP contribution is -2.49. The molecule has 7 heteroatoms. The van der Waals surface area contributed by atoms with Crippen LogP contribution in [0.5, 0.6) is 5.75 Å². The van der Waals surface area contributed by atoms with E-state index in [0.29, 0.717) is 30.2 Å². The molecule has 1 fully saturated rings. The number of piperazine rings is 1. The first kappa shape index (κ1) is 21.8. The smallest absolute Gasteiger partial charge is 0.272 e. The molecule has 1 saturated heterocycles. The number of methoxy groups -OCH3 is 1. The standard InChI is InChI=1S/C27H28N4O3/c1-18-5-4-6-24(19(18)2)30-12-14-31(15-13-30)27(32)23-17-25-22(11-16-34-25)26(29-23)28-20-7-9-21(33-3)10-8-20/h4-11,16-17H,12-15H2,1-3H3,(H,28,29). The van der Waals surface area contributed by atoms with E-state index in [0.717, 1.165) is 29.9 Å². The van der Waals surface area contributed by atoms with Gasteiger partial charge in [0.15, 0.2) is 0 Å². The third-order valence-electron chi connectivity index (χ3n) is 6.51. The van der Waals surface area contributed by atoms with Crippen LogP contribution >= 0.6 is 0 Å². The highest BCUT2D eigenvalue weighted by Crippen LogP contribution is 2.29. The highest BCUT2D eigenvalue weighted by atomic mass is 16.5. The number of nitrogens with one attached hydrogen (secondary N) is 1. The summed E-state index contributed by atoms with van der Waals surface area (Å²) < 4.78 is 10.9. The zero-order valence-electron chi connectivity index (χ0n) is 19.7. The van der Waals surface area contributed by atoms with Gasteiger partial charge < -0.3 is 24.3 Å². The first-order chi connectivity index (χ1) is 16.5. The molecule has 0 unspecified atom stereocenters. The molecule has 7 nitrogen and oxygen atoms in total. The van der Waals surface area contributed by atoms with Crippen LogP contribution in [0.3, 0.4) is 0 Å². The Labute approximate surface area is 198 Å². The summed E-state index contributed by atoms with van der Waals surface area (Å²) in [6.07, 6.45) is 1.61. The predicted molar refractivity (Wildman–Crippen MR) is 134 cm³/mol. The topological polar surface area (TPSA) is 70.8 Å². The Morgan fingerprint density at radius 3 is 2.53 bits per heavy atom. The second-order valence-electron chi connectivity index (χ2n) is 8.54. The van der Waals surface area contributed by atoms with Gasteiger partial charge in [-0.2, -0.15) is 0 Å². The fraction of sp³-hybridized carbons (Fsp3) is 0.259. The molecule has 0 spiro atoms. The van der Waals surface area contributed by atoms with Crippen LogP contribution < -0.4 is 15.0 Å². The first-order valence-corrected chi connectivity index (χ1v) is 11.4. The largest absolute Gasteiger partial charge is 0.497 e. The van der Waals surface area contributed by atoms with Crippen molar-refractivity contribution in [3.63, 3.8) is 0 Å². The average molecular weight is 457 g/mol. The van der Waals surface area contributed by atoms with Gasteiger partial charge in [0.25, 0.3) is 5.91 Å². The molecule has 5 rings (SSSR count). The molecule has 0 radical (unpaired) electrons. The van der Waals surface area contributed by atoms with Gasteiger partial charge in [0.2, 0.25) is 0 Å². The predicted octanol–water partition coefficient (Wildman–Crippen LogP) is 5.16. The molecule has 1 aliphatic rings. The lowest BCUT2D eigenvalue weighted by Gasteiger charge is -2.37. The van der Waals surface area contributed by atoms with E-state index in [1.54, 1.807) is 19.4 Å². The number of nitrogens with zero attached hydrogens (tertiary/aromatic N) is 3. The monoisotopic (exact) mass is 456 g/mol. The SMILES string of the molecule is COc1ccc(Nc2nc(C(=O)N3CCN(c4cccc(C)c4C)CC3)cc3occc23)cc1. The Morgan fingerprint density at radius 1 is 1.03 bits per heavy atom. The maximum atomic E-state index is 13.4. The van der Waals surface area contributed by atoms with Crippen molar-refractivity contribution in [3.8, 4) is 5.75 Å². The third-order valence-corrected chi connectivity index (χ3v) is 6.51. The average Bonchev–Trinajstić information content (AvgIpc) is 3.35. The molecular formula is C27H28N4O3. The minimum absolute atomic E-state index is 0.0864. The van der Waals surface area contributed by atoms with Gasteiger partial charge >= 0.3 is 0 Å². The van der Waals surface area contributed by atoms with E-state index in [-0.39, 0.29) is 5.91 Å². The number of fused-ring (bicyclic) bond motifs is 1. The molecule has 1 amide bonds. The van der Waals surface area contributed by atoms with Crippen molar-refractivity contribution in [1.29, 1.82) is 0 Å². The number of ether oxygens (including phenoxy) is 1. The number of benzene rings is 2. The van der Waals surface area contributed by atoms with E-state index in [2.05, 4.69) is 47.2 Å². The minimum Gasteiger partial charge on any atom is -0.497 e. The van der Waals surface area contributed by atoms with Gasteiger partial charge in [-0.25, -0.2) is 4.98 Å². The summed E-state index contributed by atoms with van der Waals surface area (Å²) in [5, 5.41) is 4.14. The Morgan fingerprint density at radius 2 is 1.79 bits per heavy atom. The van der Waals surface area contributed by atoms with E-state index in [1.165, 1.54) is 16.8 Å². The second kappa shape index (κ2) is 9.09. The van der Waals surface area contributed by atoms with Crippen molar-refractivity contribution in [3.05, 3.63) is 77.7 Å². The molecule has 0 atom stereocenters. The number of hydrogen-bond donors (Lipinski definition) is 1. The highest BCUT2D eigenvalue weighted by molar-refractivity contribution is 5.99. The normalized spacial score (nSPS) is 13.9. The van der Waals surface area contributed by atoms with Crippen molar-refractivity contribution in [2.24, 2.45) is 0 Å². The van der Waals surface area contributed by atoms with E-state index in [1.807, 2.05) is 35.2 Å². The molecule has 3 heterocycles. The summed E-state index contributed by atoms with van der Waals surface area (Å²) in [4.78, 5) is 22.3. The number of carbonyl (C=O) groups excluding carboxylic acids is 1. The van der Waals surface area contributed by atoms with Gasteiger partial charge in [-0.3, -0.25) is 4.79 Å². The van der Waals surface area contributed by atoms with Crippen LogP contribution in [-0.4, -0.2) is 49.1 Å². The number of amides is 1. The van der Waals surface area contributed by atoms with Gasteiger partial charge in [0, 0.05) is 43.6 Å². The second-order valence-corrected chi connectivity index (χ2v) is 8.54. The molecular weight excluding hydrogens is 428 g/mol. The molecule has 1 N–H and O–H groups in total. The quantitative estimate of drug-likeness (QED) is 0.447. The van der Waals surface area contributed by atoms with Gasteiger partial charge in [0.1, 0.15) is 22.8 Å². The highest BCUT2D eigenvalue weighted by Gasteiger charge is 2.25. The molecule has 174 valence electrons. The fourth-order valence-corrected chi connectivity index (χ4v) is 4.37. The number of furan rings is 1. The Hall–Kier alpha value is -4.00. The van der Waals surface area contributed by atoms with Gasteiger partial charge in [0.05, 0.1) is 18.8 Å². The van der Waals surface area contributed by atoms with Crippen LogP contribution in [0.4, 0.5) is 17.2 Å². The number of carbonyl (C=O) groups is 1. The lowest BCUT2D eigenvalue weighted by molar-refractivity contribution is 0.0741. The van der Waals surface area contributed by atoms with Gasteiger partial charge in [-0.1, -0.05) is 12.1 Å². The fourth-order valence-electron chi connectivity index (χ4n) is 4.37. The van der Waals surface area contributed by atoms with Crippen LogP contribution in [0.15, 0.2) is 65.3 Å². The Kier molecular flexibility index (Phi) is 5.84. The van der Waals surface area contributed by atoms with Crippen LogP contribution in [0.25, 0.3) is 11.0 Å². The first-order valence-electron chi connectivity index (χ1n) is 11.4. The summed E-state index contributed by atoms with van der Waals surface area (Å²) in [6.45, 7) is 7.15. The molecule has 1 aliphatic heterocycles. The van der Waals surface area contributed by atoms with E-state index in [4.69, 9.17) is 9.15 Å². The van der Waals surface area contributed by atoms with Crippen molar-refractivity contribution < 1.29 is 13.9 Å². The van der Waals surface area contributed by atoms with Crippen molar-refractivity contribution in [1.82, 2.24) is 9.88 Å². The lowest BCUT2D eigenvalue weighted by atomic mass is 10.1.